The van der Waals surface area contributed by atoms with E-state index in [9.17, 15) is 9.59 Å². The summed E-state index contributed by atoms with van der Waals surface area (Å²) in [5.74, 6) is -0.687. The summed E-state index contributed by atoms with van der Waals surface area (Å²) in [7, 11) is -3.06. The number of ether oxygens (including phenoxy) is 1. The Morgan fingerprint density at radius 1 is 0.731 bits per heavy atom. The van der Waals surface area contributed by atoms with Crippen molar-refractivity contribution in [2.45, 2.75) is 103 Å². The Labute approximate surface area is 162 Å². The van der Waals surface area contributed by atoms with Crippen LogP contribution in [0, 0.1) is 0 Å². The Morgan fingerprint density at radius 3 is 1.46 bits per heavy atom. The Balaban J connectivity index is 5.51. The second-order valence-corrected chi connectivity index (χ2v) is 19.9. The van der Waals surface area contributed by atoms with Gasteiger partial charge in [0.25, 0.3) is 14.3 Å². The summed E-state index contributed by atoms with van der Waals surface area (Å²) in [6.07, 6.45) is 0.0731. The molecule has 0 bridgehead atoms. The molecule has 0 aromatic heterocycles. The fourth-order valence-electron chi connectivity index (χ4n) is 2.06. The number of rotatable bonds is 7. The molecule has 0 N–H and O–H groups in total. The van der Waals surface area contributed by atoms with Crippen molar-refractivity contribution in [3.63, 3.8) is 0 Å². The number of hydrogen-bond donors (Lipinski definition) is 0. The second kappa shape index (κ2) is 8.14. The van der Waals surface area contributed by atoms with Crippen LogP contribution in [0.3, 0.4) is 0 Å². The molecule has 0 aliphatic rings. The van der Waals surface area contributed by atoms with Gasteiger partial charge in [0.05, 0.1) is 25.6 Å². The monoisotopic (exact) mass is 404 g/mol. The Morgan fingerprint density at radius 2 is 1.12 bits per heavy atom. The van der Waals surface area contributed by atoms with Gasteiger partial charge in [-0.05, 0) is 43.2 Å². The largest absolute Gasteiger partial charge is 0.519 e. The van der Waals surface area contributed by atoms with Crippen molar-refractivity contribution in [1.29, 1.82) is 0 Å². The number of esters is 1. The zero-order chi connectivity index (χ0) is 21.2. The van der Waals surface area contributed by atoms with Gasteiger partial charge >= 0.3 is 5.97 Å². The highest BCUT2D eigenvalue weighted by atomic mass is 28.4. The smallest absolute Gasteiger partial charge is 0.308 e. The van der Waals surface area contributed by atoms with Crippen molar-refractivity contribution in [1.82, 2.24) is 0 Å². The van der Waals surface area contributed by atoms with Crippen molar-refractivity contribution in [3.05, 3.63) is 0 Å². The standard InChI is InChI=1S/C19H40O5Si2/c1-17(2,3)25(9,10)23-16(21)14-19(7,13-15(20)22-8)24-26(11,12)18(4,5)6/h13-14H2,1-12H3/t19-/m1/s1. The van der Waals surface area contributed by atoms with Crippen LogP contribution in [0.4, 0.5) is 0 Å². The summed E-state index contributed by atoms with van der Waals surface area (Å²) in [6.45, 7) is 22.8. The maximum absolute atomic E-state index is 12.7. The third-order valence-electron chi connectivity index (χ3n) is 5.75. The van der Waals surface area contributed by atoms with Crippen molar-refractivity contribution in [3.8, 4) is 0 Å². The molecule has 7 heteroatoms. The number of hydrogen-bond acceptors (Lipinski definition) is 5. The minimum absolute atomic E-state index is 0.0304. The zero-order valence-electron chi connectivity index (χ0n) is 19.0. The van der Waals surface area contributed by atoms with E-state index in [1.54, 1.807) is 0 Å². The average Bonchev–Trinajstić information content (AvgIpc) is 2.33. The molecule has 1 atom stereocenters. The van der Waals surface area contributed by atoms with Crippen LogP contribution in [0.25, 0.3) is 0 Å². The molecule has 154 valence electrons. The molecule has 0 aliphatic heterocycles. The van der Waals surface area contributed by atoms with Gasteiger partial charge in [0.2, 0.25) is 0 Å². The van der Waals surface area contributed by atoms with E-state index >= 15 is 0 Å². The number of methoxy groups -OCH3 is 1. The molecule has 0 aromatic rings. The SMILES string of the molecule is COC(=O)C[C@](C)(CC(=O)O[Si](C)(C)C(C)(C)C)O[Si](C)(C)C(C)(C)C. The van der Waals surface area contributed by atoms with Crippen molar-refractivity contribution >= 4 is 28.6 Å². The van der Waals surface area contributed by atoms with Gasteiger partial charge in [-0.25, -0.2) is 0 Å². The van der Waals surface area contributed by atoms with E-state index in [2.05, 4.69) is 54.6 Å². The fraction of sp³-hybridized carbons (Fsp3) is 0.895. The lowest BCUT2D eigenvalue weighted by atomic mass is 9.98. The molecular formula is C19H40O5Si2. The van der Waals surface area contributed by atoms with Gasteiger partial charge in [-0.15, -0.1) is 0 Å². The van der Waals surface area contributed by atoms with Gasteiger partial charge in [-0.3, -0.25) is 9.59 Å². The first-order chi connectivity index (χ1) is 11.3. The molecule has 0 saturated heterocycles. The van der Waals surface area contributed by atoms with Gasteiger partial charge in [0.15, 0.2) is 8.32 Å². The first-order valence-electron chi connectivity index (χ1n) is 9.25. The van der Waals surface area contributed by atoms with E-state index in [1.165, 1.54) is 7.11 Å². The van der Waals surface area contributed by atoms with Crippen molar-refractivity contribution in [2.75, 3.05) is 7.11 Å². The van der Waals surface area contributed by atoms with Gasteiger partial charge < -0.3 is 13.6 Å². The van der Waals surface area contributed by atoms with Crippen LogP contribution in [0.15, 0.2) is 0 Å². The number of carbonyl (C=O) groups is 2. The molecule has 26 heavy (non-hydrogen) atoms. The van der Waals surface area contributed by atoms with Gasteiger partial charge in [0, 0.05) is 0 Å². The van der Waals surface area contributed by atoms with E-state index in [0.717, 1.165) is 0 Å². The van der Waals surface area contributed by atoms with Crippen LogP contribution < -0.4 is 0 Å². The molecule has 0 heterocycles. The summed E-state index contributed by atoms with van der Waals surface area (Å²) in [4.78, 5) is 24.7. The molecule has 0 fully saturated rings. The molecule has 0 radical (unpaired) electrons. The third kappa shape index (κ3) is 7.15. The Bertz CT molecular complexity index is 515. The Hall–Kier alpha value is -0.666. The zero-order valence-corrected chi connectivity index (χ0v) is 21.0. The Kier molecular flexibility index (Phi) is 7.94. The van der Waals surface area contributed by atoms with Crippen molar-refractivity contribution < 1.29 is 23.2 Å². The summed E-state index contributed by atoms with van der Waals surface area (Å²) in [6, 6.07) is 0. The van der Waals surface area contributed by atoms with Gasteiger partial charge in [0.1, 0.15) is 0 Å². The van der Waals surface area contributed by atoms with Crippen LogP contribution in [0.5, 0.6) is 0 Å². The van der Waals surface area contributed by atoms with E-state index in [0.29, 0.717) is 0 Å². The van der Waals surface area contributed by atoms with Gasteiger partial charge in [-0.1, -0.05) is 41.5 Å². The minimum atomic E-state index is -2.22. The van der Waals surface area contributed by atoms with Crippen LogP contribution in [0.2, 0.25) is 36.3 Å². The van der Waals surface area contributed by atoms with Gasteiger partial charge in [-0.2, -0.15) is 0 Å². The second-order valence-electron chi connectivity index (χ2n) is 10.5. The minimum Gasteiger partial charge on any atom is -0.519 e. The third-order valence-corrected chi connectivity index (χ3v) is 14.7. The molecule has 0 aromatic carbocycles. The predicted octanol–water partition coefficient (Wildman–Crippen LogP) is 5.27. The summed E-state index contributed by atoms with van der Waals surface area (Å²) in [5.41, 5.74) is -0.935. The fourth-order valence-corrected chi connectivity index (χ4v) is 4.69. The van der Waals surface area contributed by atoms with Crippen LogP contribution in [-0.4, -0.2) is 41.3 Å². The number of carbonyl (C=O) groups excluding carboxylic acids is 2. The van der Waals surface area contributed by atoms with E-state index < -0.39 is 22.2 Å². The quantitative estimate of drug-likeness (QED) is 0.427. The van der Waals surface area contributed by atoms with Crippen molar-refractivity contribution in [2.24, 2.45) is 0 Å². The normalized spacial score (nSPS) is 16.0. The maximum Gasteiger partial charge on any atom is 0.308 e. The van der Waals surface area contributed by atoms with Crippen LogP contribution in [0.1, 0.15) is 61.3 Å². The van der Waals surface area contributed by atoms with Crippen LogP contribution >= 0.6 is 0 Å². The molecule has 0 spiro atoms. The maximum atomic E-state index is 12.7. The first kappa shape index (κ1) is 25.3. The molecule has 0 rings (SSSR count). The predicted molar refractivity (Wildman–Crippen MR) is 111 cm³/mol. The topological polar surface area (TPSA) is 61.8 Å². The molecule has 0 amide bonds. The first-order valence-corrected chi connectivity index (χ1v) is 15.1. The van der Waals surface area contributed by atoms with Crippen LogP contribution in [-0.2, 0) is 23.2 Å². The van der Waals surface area contributed by atoms with E-state index in [4.69, 9.17) is 13.6 Å². The lowest BCUT2D eigenvalue weighted by Gasteiger charge is -2.44. The van der Waals surface area contributed by atoms with E-state index in [1.807, 2.05) is 20.0 Å². The highest BCUT2D eigenvalue weighted by Crippen LogP contribution is 2.42. The lowest BCUT2D eigenvalue weighted by Crippen LogP contribution is -2.51. The molecule has 0 aliphatic carbocycles. The highest BCUT2D eigenvalue weighted by molar-refractivity contribution is 6.75. The molecule has 5 nitrogen and oxygen atoms in total. The average molecular weight is 405 g/mol. The summed E-state index contributed by atoms with van der Waals surface area (Å²) in [5, 5.41) is -0.102. The lowest BCUT2D eigenvalue weighted by molar-refractivity contribution is -0.148. The summed E-state index contributed by atoms with van der Waals surface area (Å²) < 4.78 is 17.2. The molecule has 0 unspecified atom stereocenters. The summed E-state index contributed by atoms with van der Waals surface area (Å²) >= 11 is 0. The van der Waals surface area contributed by atoms with E-state index in [-0.39, 0.29) is 34.9 Å². The molecular weight excluding hydrogens is 364 g/mol. The molecule has 0 saturated carbocycles. The highest BCUT2D eigenvalue weighted by Gasteiger charge is 2.46.